The molecule has 3 N–H and O–H groups in total. The van der Waals surface area contributed by atoms with E-state index in [1.54, 1.807) is 24.3 Å². The van der Waals surface area contributed by atoms with Crippen LogP contribution >= 0.6 is 11.6 Å². The van der Waals surface area contributed by atoms with Gasteiger partial charge in [0.25, 0.3) is 5.91 Å². The van der Waals surface area contributed by atoms with Crippen LogP contribution in [0.3, 0.4) is 0 Å². The Morgan fingerprint density at radius 1 is 0.968 bits per heavy atom. The number of hydrazine groups is 1. The summed E-state index contributed by atoms with van der Waals surface area (Å²) >= 11 is 5.81. The third kappa shape index (κ3) is 4.33. The van der Waals surface area contributed by atoms with Crippen LogP contribution in [0.4, 0.5) is 23.1 Å². The van der Waals surface area contributed by atoms with E-state index in [0.717, 1.165) is 17.1 Å². The number of hydrogen-bond acceptors (Lipinski definition) is 8. The highest BCUT2D eigenvalue weighted by Gasteiger charge is 2.24. The van der Waals surface area contributed by atoms with Gasteiger partial charge in [-0.25, -0.2) is 15.0 Å². The van der Waals surface area contributed by atoms with Gasteiger partial charge >= 0.3 is 5.69 Å². The third-order valence-corrected chi connectivity index (χ3v) is 4.53. The predicted octanol–water partition coefficient (Wildman–Crippen LogP) is 4.09. The maximum atomic E-state index is 12.7. The van der Waals surface area contributed by atoms with E-state index in [2.05, 4.69) is 31.1 Å². The van der Waals surface area contributed by atoms with Gasteiger partial charge in [-0.3, -0.25) is 25.8 Å². The maximum Gasteiger partial charge on any atom is 0.355 e. The first-order valence-corrected chi connectivity index (χ1v) is 9.33. The summed E-state index contributed by atoms with van der Waals surface area (Å²) in [5.41, 5.74) is 4.92. The van der Waals surface area contributed by atoms with E-state index in [4.69, 9.17) is 11.6 Å². The zero-order valence-electron chi connectivity index (χ0n) is 15.7. The molecule has 4 rings (SSSR count). The van der Waals surface area contributed by atoms with Crippen LogP contribution in [0.2, 0.25) is 5.02 Å². The summed E-state index contributed by atoms with van der Waals surface area (Å²) in [5.74, 6) is -0.461. The van der Waals surface area contributed by atoms with E-state index >= 15 is 0 Å². The monoisotopic (exact) mass is 435 g/mol. The SMILES string of the molecule is O=C(NNc1ncnc(Nc2ccc(Cl)cn2)c1[N+](=O)[O-])c1cccc2ccccc12. The van der Waals surface area contributed by atoms with E-state index in [0.29, 0.717) is 16.4 Å². The lowest BCUT2D eigenvalue weighted by Gasteiger charge is -2.11. The number of nitrogens with zero attached hydrogens (tertiary/aromatic N) is 4. The van der Waals surface area contributed by atoms with Crippen molar-refractivity contribution >= 4 is 51.4 Å². The fourth-order valence-corrected chi connectivity index (χ4v) is 3.02. The molecule has 10 nitrogen and oxygen atoms in total. The van der Waals surface area contributed by atoms with Gasteiger partial charge < -0.3 is 5.32 Å². The second-order valence-corrected chi connectivity index (χ2v) is 6.71. The van der Waals surface area contributed by atoms with Gasteiger partial charge in [0, 0.05) is 11.8 Å². The van der Waals surface area contributed by atoms with Gasteiger partial charge in [-0.15, -0.1) is 0 Å². The highest BCUT2D eigenvalue weighted by molar-refractivity contribution is 6.30. The maximum absolute atomic E-state index is 12.7. The number of rotatable bonds is 6. The Morgan fingerprint density at radius 3 is 2.52 bits per heavy atom. The van der Waals surface area contributed by atoms with Gasteiger partial charge in [-0.1, -0.05) is 48.0 Å². The van der Waals surface area contributed by atoms with E-state index in [-0.39, 0.29) is 11.6 Å². The lowest BCUT2D eigenvalue weighted by molar-refractivity contribution is -0.383. The molecule has 0 spiro atoms. The van der Waals surface area contributed by atoms with E-state index in [1.165, 1.54) is 6.20 Å². The van der Waals surface area contributed by atoms with Crippen molar-refractivity contribution in [2.75, 3.05) is 10.7 Å². The molecule has 0 fully saturated rings. The van der Waals surface area contributed by atoms with Crippen LogP contribution in [0.1, 0.15) is 10.4 Å². The van der Waals surface area contributed by atoms with Crippen molar-refractivity contribution in [2.24, 2.45) is 0 Å². The molecule has 31 heavy (non-hydrogen) atoms. The average Bonchev–Trinajstić information content (AvgIpc) is 2.78. The molecule has 0 radical (unpaired) electrons. The summed E-state index contributed by atoms with van der Waals surface area (Å²) in [7, 11) is 0. The van der Waals surface area contributed by atoms with Crippen LogP contribution in [0.5, 0.6) is 0 Å². The van der Waals surface area contributed by atoms with Crippen molar-refractivity contribution in [3.05, 3.63) is 87.8 Å². The van der Waals surface area contributed by atoms with Crippen LogP contribution in [0, 0.1) is 10.1 Å². The van der Waals surface area contributed by atoms with Crippen LogP contribution in [0.25, 0.3) is 10.8 Å². The Morgan fingerprint density at radius 2 is 1.74 bits per heavy atom. The Labute approximate surface area is 180 Å². The smallest absolute Gasteiger partial charge is 0.319 e. The van der Waals surface area contributed by atoms with Crippen molar-refractivity contribution in [2.45, 2.75) is 0 Å². The highest BCUT2D eigenvalue weighted by Crippen LogP contribution is 2.30. The number of hydrogen-bond donors (Lipinski definition) is 3. The summed E-state index contributed by atoms with van der Waals surface area (Å²) in [6.07, 6.45) is 2.51. The van der Waals surface area contributed by atoms with Gasteiger partial charge in [0.15, 0.2) is 0 Å². The van der Waals surface area contributed by atoms with Crippen LogP contribution < -0.4 is 16.2 Å². The zero-order chi connectivity index (χ0) is 21.8. The van der Waals surface area contributed by atoms with Gasteiger partial charge in [-0.05, 0) is 29.0 Å². The first kappa shape index (κ1) is 20.0. The lowest BCUT2D eigenvalue weighted by Crippen LogP contribution is -2.30. The van der Waals surface area contributed by atoms with Crippen molar-refractivity contribution < 1.29 is 9.72 Å². The van der Waals surface area contributed by atoms with Crippen molar-refractivity contribution in [3.8, 4) is 0 Å². The number of amides is 1. The fourth-order valence-electron chi connectivity index (χ4n) is 2.91. The number of halogens is 1. The molecule has 1 amide bonds. The van der Waals surface area contributed by atoms with E-state index in [1.807, 2.05) is 30.3 Å². The molecule has 2 aromatic carbocycles. The largest absolute Gasteiger partial charge is 0.355 e. The number of benzene rings is 2. The molecule has 0 atom stereocenters. The number of carbonyl (C=O) groups is 1. The summed E-state index contributed by atoms with van der Waals surface area (Å²) in [4.78, 5) is 35.5. The minimum absolute atomic E-state index is 0.100. The van der Waals surface area contributed by atoms with Gasteiger partial charge in [0.1, 0.15) is 12.1 Å². The molecular weight excluding hydrogens is 422 g/mol. The first-order chi connectivity index (χ1) is 15.0. The molecule has 0 bridgehead atoms. The number of anilines is 3. The van der Waals surface area contributed by atoms with Gasteiger partial charge in [0.05, 0.1) is 9.95 Å². The second-order valence-electron chi connectivity index (χ2n) is 6.27. The topological polar surface area (TPSA) is 135 Å². The molecule has 0 aliphatic carbocycles. The molecule has 0 aliphatic heterocycles. The van der Waals surface area contributed by atoms with Crippen molar-refractivity contribution in [3.63, 3.8) is 0 Å². The second kappa shape index (κ2) is 8.59. The molecule has 0 unspecified atom stereocenters. The molecule has 154 valence electrons. The highest BCUT2D eigenvalue weighted by atomic mass is 35.5. The molecule has 0 saturated heterocycles. The standard InChI is InChI=1S/C20H14ClN7O3/c21-13-8-9-16(22-10-13)25-18-17(28(30)31)19(24-11-23-18)26-27-20(29)15-7-3-5-12-4-1-2-6-14(12)15/h1-11H,(H,27,29)(H2,22,23,24,25,26). The van der Waals surface area contributed by atoms with E-state index in [9.17, 15) is 14.9 Å². The minimum Gasteiger partial charge on any atom is -0.319 e. The van der Waals surface area contributed by atoms with Gasteiger partial charge in [0.2, 0.25) is 11.6 Å². The molecule has 11 heteroatoms. The minimum atomic E-state index is -0.662. The summed E-state index contributed by atoms with van der Waals surface area (Å²) in [6.45, 7) is 0. The summed E-state index contributed by atoms with van der Waals surface area (Å²) < 4.78 is 0. The predicted molar refractivity (Wildman–Crippen MR) is 116 cm³/mol. The average molecular weight is 436 g/mol. The molecule has 2 heterocycles. The number of nitro groups is 1. The molecular formula is C20H14ClN7O3. The van der Waals surface area contributed by atoms with Crippen LogP contribution in [-0.2, 0) is 0 Å². The lowest BCUT2D eigenvalue weighted by atomic mass is 10.0. The third-order valence-electron chi connectivity index (χ3n) is 4.31. The number of aromatic nitrogens is 3. The molecule has 2 aromatic heterocycles. The molecule has 0 saturated carbocycles. The summed E-state index contributed by atoms with van der Waals surface area (Å²) in [5, 5.41) is 16.5. The fraction of sp³-hybridized carbons (Fsp3) is 0. The van der Waals surface area contributed by atoms with Crippen LogP contribution in [0.15, 0.2) is 67.1 Å². The number of carbonyl (C=O) groups excluding carboxylic acids is 1. The van der Waals surface area contributed by atoms with Crippen LogP contribution in [-0.4, -0.2) is 25.8 Å². The van der Waals surface area contributed by atoms with Gasteiger partial charge in [-0.2, -0.15) is 0 Å². The number of fused-ring (bicyclic) bond motifs is 1. The van der Waals surface area contributed by atoms with Crippen molar-refractivity contribution in [1.29, 1.82) is 0 Å². The van der Waals surface area contributed by atoms with Crippen molar-refractivity contribution in [1.82, 2.24) is 20.4 Å². The Bertz CT molecular complexity index is 1280. The first-order valence-electron chi connectivity index (χ1n) is 8.95. The molecule has 0 aliphatic rings. The number of pyridine rings is 1. The summed E-state index contributed by atoms with van der Waals surface area (Å²) in [6, 6.07) is 15.8. The molecule has 4 aromatic rings. The van der Waals surface area contributed by atoms with E-state index < -0.39 is 16.5 Å². The quantitative estimate of drug-likeness (QED) is 0.304. The normalized spacial score (nSPS) is 10.5. The Kier molecular flexibility index (Phi) is 5.54. The Balaban J connectivity index is 1.58. The zero-order valence-corrected chi connectivity index (χ0v) is 16.5. The number of nitrogens with one attached hydrogen (secondary N) is 3. The Hall–Kier alpha value is -4.31.